The van der Waals surface area contributed by atoms with E-state index in [9.17, 15) is 4.79 Å². The van der Waals surface area contributed by atoms with E-state index in [1.165, 1.54) is 57.8 Å². The Morgan fingerprint density at radius 2 is 1.60 bits per heavy atom. The summed E-state index contributed by atoms with van der Waals surface area (Å²) in [7, 11) is 0. The van der Waals surface area contributed by atoms with Crippen molar-refractivity contribution in [3.63, 3.8) is 0 Å². The first-order chi connectivity index (χ1) is 14.0. The minimum absolute atomic E-state index is 0.0965. The summed E-state index contributed by atoms with van der Waals surface area (Å²) in [6.07, 6.45) is 13.5. The van der Waals surface area contributed by atoms with Crippen LogP contribution >= 0.6 is 0 Å². The average molecular weight is 413 g/mol. The summed E-state index contributed by atoms with van der Waals surface area (Å²) in [5, 5.41) is 0. The first-order valence-electron chi connectivity index (χ1n) is 12.8. The molecular weight excluding hydrogens is 368 g/mol. The SMILES string of the molecule is CCC(C)=C1CC[C@@]2(C)C3CCC4C(C)(C)[C@@H](OC(C)=O)CC[C@@]45C[C@@]35CC[C@]12C. The van der Waals surface area contributed by atoms with Crippen LogP contribution in [-0.2, 0) is 9.53 Å². The second kappa shape index (κ2) is 6.16. The van der Waals surface area contributed by atoms with E-state index in [2.05, 4.69) is 41.5 Å². The van der Waals surface area contributed by atoms with Crippen LogP contribution in [0.1, 0.15) is 113 Å². The molecule has 2 spiro atoms. The Morgan fingerprint density at radius 1 is 0.933 bits per heavy atom. The van der Waals surface area contributed by atoms with Crippen LogP contribution in [-0.4, -0.2) is 12.1 Å². The Bertz CT molecular complexity index is 807. The lowest BCUT2D eigenvalue weighted by molar-refractivity contribution is -0.177. The molecule has 2 unspecified atom stereocenters. The van der Waals surface area contributed by atoms with Crippen molar-refractivity contribution in [1.29, 1.82) is 0 Å². The summed E-state index contributed by atoms with van der Waals surface area (Å²) in [5.74, 6) is 1.52. The van der Waals surface area contributed by atoms with Gasteiger partial charge in [0.2, 0.25) is 0 Å². The van der Waals surface area contributed by atoms with Crippen molar-refractivity contribution >= 4 is 5.97 Å². The summed E-state index contributed by atoms with van der Waals surface area (Å²) in [5.41, 5.74) is 5.63. The van der Waals surface area contributed by atoms with Crippen LogP contribution in [0.25, 0.3) is 0 Å². The third-order valence-electron chi connectivity index (χ3n) is 12.2. The van der Waals surface area contributed by atoms with Crippen LogP contribution in [0.15, 0.2) is 11.1 Å². The zero-order chi connectivity index (χ0) is 21.7. The van der Waals surface area contributed by atoms with Crippen LogP contribution in [0.2, 0.25) is 0 Å². The Labute approximate surface area is 184 Å². The van der Waals surface area contributed by atoms with Crippen LogP contribution in [0, 0.1) is 38.9 Å². The van der Waals surface area contributed by atoms with E-state index in [0.29, 0.717) is 21.7 Å². The van der Waals surface area contributed by atoms with Crippen molar-refractivity contribution in [2.24, 2.45) is 38.9 Å². The van der Waals surface area contributed by atoms with Gasteiger partial charge in [0.25, 0.3) is 0 Å². The van der Waals surface area contributed by atoms with E-state index in [1.54, 1.807) is 12.5 Å². The highest BCUT2D eigenvalue weighted by Crippen LogP contribution is 2.89. The highest BCUT2D eigenvalue weighted by molar-refractivity contribution is 5.66. The number of carbonyl (C=O) groups is 1. The molecule has 0 aromatic heterocycles. The molecule has 0 radical (unpaired) electrons. The maximum atomic E-state index is 11.8. The van der Waals surface area contributed by atoms with Gasteiger partial charge in [-0.1, -0.05) is 45.8 Å². The second-order valence-electron chi connectivity index (χ2n) is 13.0. The fourth-order valence-electron chi connectivity index (χ4n) is 10.4. The highest BCUT2D eigenvalue weighted by Gasteiger charge is 2.82. The van der Waals surface area contributed by atoms with E-state index in [-0.39, 0.29) is 17.5 Å². The van der Waals surface area contributed by atoms with Gasteiger partial charge >= 0.3 is 5.97 Å². The van der Waals surface area contributed by atoms with Gasteiger partial charge in [-0.15, -0.1) is 0 Å². The molecule has 2 nitrogen and oxygen atoms in total. The Kier molecular flexibility index (Phi) is 4.33. The number of hydrogen-bond acceptors (Lipinski definition) is 2. The summed E-state index contributed by atoms with van der Waals surface area (Å²) >= 11 is 0. The van der Waals surface area contributed by atoms with Crippen molar-refractivity contribution in [1.82, 2.24) is 0 Å². The lowest BCUT2D eigenvalue weighted by Gasteiger charge is -2.62. The Balaban J connectivity index is 1.50. The maximum absolute atomic E-state index is 11.8. The molecule has 0 N–H and O–H groups in total. The molecule has 30 heavy (non-hydrogen) atoms. The van der Waals surface area contributed by atoms with Crippen molar-refractivity contribution in [3.05, 3.63) is 11.1 Å². The number of ether oxygens (including phenoxy) is 1. The lowest BCUT2D eigenvalue weighted by atomic mass is 9.42. The molecule has 0 amide bonds. The summed E-state index contributed by atoms with van der Waals surface area (Å²) < 4.78 is 5.87. The molecule has 0 aromatic carbocycles. The summed E-state index contributed by atoms with van der Waals surface area (Å²) in [6, 6.07) is 0. The van der Waals surface area contributed by atoms with E-state index in [0.717, 1.165) is 18.3 Å². The third kappa shape index (κ3) is 2.25. The first kappa shape index (κ1) is 21.1. The van der Waals surface area contributed by atoms with Gasteiger partial charge in [0.05, 0.1) is 0 Å². The Morgan fingerprint density at radius 3 is 2.27 bits per heavy atom. The van der Waals surface area contributed by atoms with E-state index < -0.39 is 0 Å². The zero-order valence-corrected chi connectivity index (χ0v) is 20.6. The standard InChI is InChI=1S/C28H44O2/c1-8-18(2)20-11-13-26(7)22-10-9-21-24(4,5)23(30-19(3)29)12-14-27(21)17-28(22,27)16-15-25(20,26)6/h21-23H,8-17H2,1-7H3/t21?,22?,23-,25+,26-,27+,28-/m0/s1. The number of allylic oxidation sites excluding steroid dienone is 2. The molecule has 5 fully saturated rings. The lowest BCUT2D eigenvalue weighted by Crippen LogP contribution is -2.57. The third-order valence-corrected chi connectivity index (χ3v) is 12.2. The van der Waals surface area contributed by atoms with Gasteiger partial charge in [-0.05, 0) is 105 Å². The first-order valence-corrected chi connectivity index (χ1v) is 12.8. The molecule has 0 heterocycles. The molecule has 0 bridgehead atoms. The molecule has 168 valence electrons. The normalized spacial score (nSPS) is 52.4. The number of esters is 1. The number of rotatable bonds is 2. The van der Waals surface area contributed by atoms with Gasteiger partial charge < -0.3 is 4.74 Å². The second-order valence-corrected chi connectivity index (χ2v) is 13.0. The van der Waals surface area contributed by atoms with Gasteiger partial charge in [0, 0.05) is 12.3 Å². The fourth-order valence-corrected chi connectivity index (χ4v) is 10.4. The fraction of sp³-hybridized carbons (Fsp3) is 0.893. The maximum Gasteiger partial charge on any atom is 0.302 e. The topological polar surface area (TPSA) is 26.3 Å². The molecule has 5 aliphatic rings. The quantitative estimate of drug-likeness (QED) is 0.347. The molecule has 0 aliphatic heterocycles. The van der Waals surface area contributed by atoms with Gasteiger partial charge in [0.15, 0.2) is 0 Å². The number of hydrogen-bond donors (Lipinski definition) is 0. The largest absolute Gasteiger partial charge is 0.462 e. The molecule has 5 rings (SSSR count). The molecular formula is C28H44O2. The van der Waals surface area contributed by atoms with Crippen molar-refractivity contribution in [3.8, 4) is 0 Å². The molecule has 7 atom stereocenters. The van der Waals surface area contributed by atoms with Gasteiger partial charge in [-0.2, -0.15) is 0 Å². The molecule has 5 aliphatic carbocycles. The smallest absolute Gasteiger partial charge is 0.302 e. The van der Waals surface area contributed by atoms with E-state index >= 15 is 0 Å². The minimum atomic E-state index is -0.0965. The summed E-state index contributed by atoms with van der Waals surface area (Å²) in [4.78, 5) is 11.8. The van der Waals surface area contributed by atoms with Crippen molar-refractivity contribution in [2.75, 3.05) is 0 Å². The van der Waals surface area contributed by atoms with Gasteiger partial charge in [-0.3, -0.25) is 4.79 Å². The van der Waals surface area contributed by atoms with E-state index in [1.807, 2.05) is 5.57 Å². The zero-order valence-electron chi connectivity index (χ0n) is 20.6. The van der Waals surface area contributed by atoms with Crippen LogP contribution in [0.5, 0.6) is 0 Å². The van der Waals surface area contributed by atoms with E-state index in [4.69, 9.17) is 4.74 Å². The minimum Gasteiger partial charge on any atom is -0.462 e. The summed E-state index contributed by atoms with van der Waals surface area (Å²) in [6.45, 7) is 16.5. The van der Waals surface area contributed by atoms with Crippen LogP contribution < -0.4 is 0 Å². The highest BCUT2D eigenvalue weighted by atomic mass is 16.5. The monoisotopic (exact) mass is 412 g/mol. The average Bonchev–Trinajstić information content (AvgIpc) is 3.26. The molecule has 0 saturated heterocycles. The van der Waals surface area contributed by atoms with Gasteiger partial charge in [-0.25, -0.2) is 0 Å². The van der Waals surface area contributed by atoms with Crippen molar-refractivity contribution in [2.45, 2.75) is 119 Å². The van der Waals surface area contributed by atoms with Crippen LogP contribution in [0.4, 0.5) is 0 Å². The number of fused-ring (bicyclic) bond motifs is 2. The predicted octanol–water partition coefficient (Wildman–Crippen LogP) is 7.47. The molecule has 2 heteroatoms. The number of carbonyl (C=O) groups excluding carboxylic acids is 1. The molecule has 0 aromatic rings. The van der Waals surface area contributed by atoms with Crippen LogP contribution in [0.3, 0.4) is 0 Å². The predicted molar refractivity (Wildman–Crippen MR) is 122 cm³/mol. The molecule has 5 saturated carbocycles. The Hall–Kier alpha value is -0.790. The van der Waals surface area contributed by atoms with Crippen molar-refractivity contribution < 1.29 is 9.53 Å². The van der Waals surface area contributed by atoms with Gasteiger partial charge in [0.1, 0.15) is 6.10 Å².